The van der Waals surface area contributed by atoms with Crippen LogP contribution in [0.2, 0.25) is 0 Å². The van der Waals surface area contributed by atoms with Crippen molar-refractivity contribution in [2.75, 3.05) is 26.2 Å². The van der Waals surface area contributed by atoms with Crippen molar-refractivity contribution in [1.82, 2.24) is 9.80 Å². The number of amides is 1. The molecule has 0 unspecified atom stereocenters. The van der Waals surface area contributed by atoms with Gasteiger partial charge in [0.05, 0.1) is 0 Å². The van der Waals surface area contributed by atoms with Gasteiger partial charge in [0.1, 0.15) is 5.60 Å². The molecule has 0 atom stereocenters. The zero-order valence-electron chi connectivity index (χ0n) is 18.5. The van der Waals surface area contributed by atoms with E-state index in [9.17, 15) is 9.59 Å². The van der Waals surface area contributed by atoms with Gasteiger partial charge in [-0.15, -0.1) is 0 Å². The second-order valence-electron chi connectivity index (χ2n) is 9.03. The SMILES string of the molecule is Cc1ccc(C(=O)Cc2ccc(CN3CCN(C(=O)OC(C)(C)C)CC3)cc2)cc1. The van der Waals surface area contributed by atoms with Gasteiger partial charge in [0.2, 0.25) is 0 Å². The van der Waals surface area contributed by atoms with Crippen molar-refractivity contribution >= 4 is 11.9 Å². The molecule has 0 radical (unpaired) electrons. The van der Waals surface area contributed by atoms with Crippen LogP contribution in [0.15, 0.2) is 48.5 Å². The summed E-state index contributed by atoms with van der Waals surface area (Å²) in [6, 6.07) is 16.0. The Kier molecular flexibility index (Phi) is 6.93. The van der Waals surface area contributed by atoms with Crippen LogP contribution in [0.25, 0.3) is 0 Å². The molecular formula is C25H32N2O3. The standard InChI is InChI=1S/C25H32N2O3/c1-19-5-11-22(12-6-19)23(28)17-20-7-9-21(10-8-20)18-26-13-15-27(16-14-26)24(29)30-25(2,3)4/h5-12H,13-18H2,1-4H3. The number of carbonyl (C=O) groups is 2. The van der Waals surface area contributed by atoms with Crippen molar-refractivity contribution < 1.29 is 14.3 Å². The molecule has 0 bridgehead atoms. The second kappa shape index (κ2) is 9.43. The fraction of sp³-hybridized carbons (Fsp3) is 0.440. The number of carbonyl (C=O) groups excluding carboxylic acids is 2. The van der Waals surface area contributed by atoms with Crippen molar-refractivity contribution in [2.45, 2.75) is 46.3 Å². The number of nitrogens with zero attached hydrogens (tertiary/aromatic N) is 2. The quantitative estimate of drug-likeness (QED) is 0.685. The highest BCUT2D eigenvalue weighted by molar-refractivity contribution is 5.97. The summed E-state index contributed by atoms with van der Waals surface area (Å²) in [6.45, 7) is 11.5. The average Bonchev–Trinajstić information content (AvgIpc) is 2.69. The number of ketones is 1. The van der Waals surface area contributed by atoms with E-state index in [-0.39, 0.29) is 11.9 Å². The highest BCUT2D eigenvalue weighted by Gasteiger charge is 2.25. The Bertz CT molecular complexity index is 859. The minimum absolute atomic E-state index is 0.140. The third kappa shape index (κ3) is 6.42. The van der Waals surface area contributed by atoms with E-state index >= 15 is 0 Å². The van der Waals surface area contributed by atoms with Gasteiger partial charge in [0.25, 0.3) is 0 Å². The Morgan fingerprint density at radius 1 is 0.867 bits per heavy atom. The van der Waals surface area contributed by atoms with Crippen LogP contribution in [0.5, 0.6) is 0 Å². The van der Waals surface area contributed by atoms with Crippen molar-refractivity contribution in [2.24, 2.45) is 0 Å². The summed E-state index contributed by atoms with van der Waals surface area (Å²) < 4.78 is 5.45. The van der Waals surface area contributed by atoms with Crippen LogP contribution < -0.4 is 0 Å². The van der Waals surface area contributed by atoms with E-state index in [0.717, 1.165) is 36.3 Å². The molecule has 0 N–H and O–H groups in total. The van der Waals surface area contributed by atoms with Gasteiger partial charge in [-0.2, -0.15) is 0 Å². The number of Topliss-reactive ketones (excluding diaryl/α,β-unsaturated/α-hetero) is 1. The molecular weight excluding hydrogens is 376 g/mol. The summed E-state index contributed by atoms with van der Waals surface area (Å²) in [5.41, 5.74) is 3.69. The highest BCUT2D eigenvalue weighted by Crippen LogP contribution is 2.15. The molecule has 160 valence electrons. The van der Waals surface area contributed by atoms with Gasteiger partial charge in [-0.1, -0.05) is 54.1 Å². The molecule has 1 aliphatic heterocycles. The molecule has 1 heterocycles. The smallest absolute Gasteiger partial charge is 0.410 e. The van der Waals surface area contributed by atoms with Crippen LogP contribution in [-0.4, -0.2) is 53.5 Å². The Hall–Kier alpha value is -2.66. The van der Waals surface area contributed by atoms with Gasteiger partial charge in [0, 0.05) is 44.7 Å². The fourth-order valence-corrected chi connectivity index (χ4v) is 3.46. The molecule has 0 saturated carbocycles. The number of aryl methyl sites for hydroxylation is 1. The van der Waals surface area contributed by atoms with E-state index in [1.807, 2.05) is 64.1 Å². The van der Waals surface area contributed by atoms with E-state index in [2.05, 4.69) is 17.0 Å². The van der Waals surface area contributed by atoms with Crippen molar-refractivity contribution in [3.05, 3.63) is 70.8 Å². The number of benzene rings is 2. The van der Waals surface area contributed by atoms with E-state index in [1.165, 1.54) is 5.56 Å². The Morgan fingerprint density at radius 2 is 1.43 bits per heavy atom. The van der Waals surface area contributed by atoms with Crippen LogP contribution in [0.1, 0.15) is 47.8 Å². The van der Waals surface area contributed by atoms with Gasteiger partial charge < -0.3 is 9.64 Å². The monoisotopic (exact) mass is 408 g/mol. The van der Waals surface area contributed by atoms with Crippen molar-refractivity contribution in [3.63, 3.8) is 0 Å². The van der Waals surface area contributed by atoms with Crippen LogP contribution in [0.4, 0.5) is 4.79 Å². The zero-order chi connectivity index (χ0) is 21.7. The molecule has 1 amide bonds. The summed E-state index contributed by atoms with van der Waals surface area (Å²) >= 11 is 0. The van der Waals surface area contributed by atoms with Crippen molar-refractivity contribution in [3.8, 4) is 0 Å². The molecule has 2 aromatic carbocycles. The summed E-state index contributed by atoms with van der Waals surface area (Å²) in [4.78, 5) is 28.7. The largest absolute Gasteiger partial charge is 0.444 e. The molecule has 0 aromatic heterocycles. The van der Waals surface area contributed by atoms with E-state index in [0.29, 0.717) is 19.5 Å². The average molecular weight is 409 g/mol. The summed E-state index contributed by atoms with van der Waals surface area (Å²) in [5.74, 6) is 0.140. The Balaban J connectivity index is 1.47. The third-order valence-electron chi connectivity index (χ3n) is 5.19. The lowest BCUT2D eigenvalue weighted by Crippen LogP contribution is -2.49. The molecule has 0 aliphatic carbocycles. The second-order valence-corrected chi connectivity index (χ2v) is 9.03. The summed E-state index contributed by atoms with van der Waals surface area (Å²) in [6.07, 6.45) is 0.183. The van der Waals surface area contributed by atoms with E-state index in [4.69, 9.17) is 4.74 Å². The van der Waals surface area contributed by atoms with Crippen molar-refractivity contribution in [1.29, 1.82) is 0 Å². The topological polar surface area (TPSA) is 49.9 Å². The van der Waals surface area contributed by atoms with E-state index < -0.39 is 5.60 Å². The molecule has 1 aliphatic rings. The van der Waals surface area contributed by atoms with Gasteiger partial charge in [-0.05, 0) is 38.8 Å². The third-order valence-corrected chi connectivity index (χ3v) is 5.19. The first kappa shape index (κ1) is 22.0. The lowest BCUT2D eigenvalue weighted by Gasteiger charge is -2.35. The minimum atomic E-state index is -0.462. The number of hydrogen-bond donors (Lipinski definition) is 0. The lowest BCUT2D eigenvalue weighted by molar-refractivity contribution is 0.0139. The van der Waals surface area contributed by atoms with E-state index in [1.54, 1.807) is 4.90 Å². The molecule has 1 saturated heterocycles. The van der Waals surface area contributed by atoms with Crippen LogP contribution in [0, 0.1) is 6.92 Å². The molecule has 3 rings (SSSR count). The normalized spacial score (nSPS) is 15.1. The number of rotatable bonds is 5. The fourth-order valence-electron chi connectivity index (χ4n) is 3.46. The molecule has 2 aromatic rings. The first-order valence-electron chi connectivity index (χ1n) is 10.6. The lowest BCUT2D eigenvalue weighted by atomic mass is 10.0. The molecule has 1 fully saturated rings. The number of piperazine rings is 1. The number of ether oxygens (including phenoxy) is 1. The Labute approximate surface area is 179 Å². The Morgan fingerprint density at radius 3 is 2.00 bits per heavy atom. The predicted octanol–water partition coefficient (Wildman–Crippen LogP) is 4.47. The molecule has 30 heavy (non-hydrogen) atoms. The van der Waals surface area contributed by atoms with Gasteiger partial charge in [-0.25, -0.2) is 4.79 Å². The van der Waals surface area contributed by atoms with Gasteiger partial charge in [0.15, 0.2) is 5.78 Å². The maximum absolute atomic E-state index is 12.4. The van der Waals surface area contributed by atoms with Crippen LogP contribution >= 0.6 is 0 Å². The molecule has 5 heteroatoms. The summed E-state index contributed by atoms with van der Waals surface area (Å²) in [5, 5.41) is 0. The highest BCUT2D eigenvalue weighted by atomic mass is 16.6. The number of hydrogen-bond acceptors (Lipinski definition) is 4. The maximum Gasteiger partial charge on any atom is 0.410 e. The first-order chi connectivity index (χ1) is 14.2. The zero-order valence-corrected chi connectivity index (χ0v) is 18.5. The molecule has 5 nitrogen and oxygen atoms in total. The minimum Gasteiger partial charge on any atom is -0.444 e. The van der Waals surface area contributed by atoms with Gasteiger partial charge >= 0.3 is 6.09 Å². The summed E-state index contributed by atoms with van der Waals surface area (Å²) in [7, 11) is 0. The van der Waals surface area contributed by atoms with Gasteiger partial charge in [-0.3, -0.25) is 9.69 Å². The first-order valence-corrected chi connectivity index (χ1v) is 10.6. The van der Waals surface area contributed by atoms with Crippen LogP contribution in [0.3, 0.4) is 0 Å². The molecule has 0 spiro atoms. The maximum atomic E-state index is 12.4. The predicted molar refractivity (Wildman–Crippen MR) is 119 cm³/mol. The van der Waals surface area contributed by atoms with Crippen LogP contribution in [-0.2, 0) is 17.7 Å².